The Hall–Kier alpha value is -3.30. The van der Waals surface area contributed by atoms with Crippen LogP contribution in [0.25, 0.3) is 5.69 Å². The zero-order valence-electron chi connectivity index (χ0n) is 15.2. The molecule has 0 saturated carbocycles. The fourth-order valence-electron chi connectivity index (χ4n) is 2.56. The summed E-state index contributed by atoms with van der Waals surface area (Å²) in [5, 5.41) is 15.5. The molecule has 0 aliphatic carbocycles. The number of nitrogens with one attached hydrogen (secondary N) is 3. The van der Waals surface area contributed by atoms with E-state index < -0.39 is 23.2 Å². The van der Waals surface area contributed by atoms with Crippen LogP contribution in [0.1, 0.15) is 24.3 Å². The van der Waals surface area contributed by atoms with Gasteiger partial charge in [-0.15, -0.1) is 5.10 Å². The van der Waals surface area contributed by atoms with E-state index >= 15 is 0 Å². The molecule has 1 aromatic heterocycles. The maximum absolute atomic E-state index is 13.3. The van der Waals surface area contributed by atoms with Crippen LogP contribution in [0.2, 0.25) is 0 Å². The van der Waals surface area contributed by atoms with Crippen LogP contribution in [0.15, 0.2) is 30.5 Å². The van der Waals surface area contributed by atoms with Gasteiger partial charge < -0.3 is 16.0 Å². The minimum absolute atomic E-state index is 0.0140. The maximum Gasteiger partial charge on any atom is 0.273 e. The number of nitrogens with zero attached hydrogens (tertiary/aromatic N) is 3. The first-order valence-electron chi connectivity index (χ1n) is 8.24. The second-order valence-electron chi connectivity index (χ2n) is 6.15. The first-order chi connectivity index (χ1) is 12.8. The molecule has 1 heterocycles. The van der Waals surface area contributed by atoms with Crippen molar-refractivity contribution in [2.24, 2.45) is 5.92 Å². The largest absolute Gasteiger partial charge is 0.357 e. The van der Waals surface area contributed by atoms with Crippen molar-refractivity contribution >= 4 is 18.2 Å². The fraction of sp³-hybridized carbons (Fsp3) is 0.353. The minimum Gasteiger partial charge on any atom is -0.357 e. The van der Waals surface area contributed by atoms with E-state index in [4.69, 9.17) is 0 Å². The number of carbonyl (C=O) groups is 3. The molecule has 10 heteroatoms. The molecule has 1 unspecified atom stereocenters. The van der Waals surface area contributed by atoms with Crippen molar-refractivity contribution in [2.75, 3.05) is 13.6 Å². The summed E-state index contributed by atoms with van der Waals surface area (Å²) in [6.07, 6.45) is 1.64. The zero-order valence-corrected chi connectivity index (χ0v) is 15.2. The highest BCUT2D eigenvalue weighted by molar-refractivity contribution is 5.94. The predicted molar refractivity (Wildman–Crippen MR) is 94.5 cm³/mol. The van der Waals surface area contributed by atoms with Gasteiger partial charge in [0.1, 0.15) is 11.4 Å². The number of hydrogen-bond acceptors (Lipinski definition) is 5. The molecule has 1 atom stereocenters. The van der Waals surface area contributed by atoms with Crippen molar-refractivity contribution in [1.29, 1.82) is 0 Å². The Morgan fingerprint density at radius 2 is 2.11 bits per heavy atom. The molecular weight excluding hydrogens is 355 g/mol. The highest BCUT2D eigenvalue weighted by atomic mass is 19.1. The molecule has 0 spiro atoms. The van der Waals surface area contributed by atoms with Crippen LogP contribution in [-0.2, 0) is 9.59 Å². The van der Waals surface area contributed by atoms with E-state index in [-0.39, 0.29) is 18.2 Å². The van der Waals surface area contributed by atoms with Gasteiger partial charge in [0.25, 0.3) is 5.91 Å². The Labute approximate surface area is 155 Å². The number of hydrogen-bond donors (Lipinski definition) is 3. The third kappa shape index (κ3) is 4.27. The molecule has 144 valence electrons. The molecule has 0 saturated heterocycles. The van der Waals surface area contributed by atoms with Crippen LogP contribution in [-0.4, -0.2) is 52.3 Å². The quantitative estimate of drug-likeness (QED) is 0.562. The van der Waals surface area contributed by atoms with Crippen molar-refractivity contribution in [3.05, 3.63) is 42.0 Å². The zero-order chi connectivity index (χ0) is 20.0. The van der Waals surface area contributed by atoms with Crippen LogP contribution < -0.4 is 16.0 Å². The van der Waals surface area contributed by atoms with E-state index in [1.54, 1.807) is 19.9 Å². The van der Waals surface area contributed by atoms with Gasteiger partial charge in [-0.1, -0.05) is 19.9 Å². The molecule has 2 rings (SSSR count). The maximum atomic E-state index is 13.3. The van der Waals surface area contributed by atoms with Crippen LogP contribution in [0, 0.1) is 11.7 Å². The number of halogens is 1. The molecule has 27 heavy (non-hydrogen) atoms. The molecule has 0 aliphatic rings. The number of likely N-dealkylation sites (N-methyl/N-ethyl adjacent to an activating group) is 1. The second kappa shape index (κ2) is 8.39. The lowest BCUT2D eigenvalue weighted by Crippen LogP contribution is -2.65. The second-order valence-corrected chi connectivity index (χ2v) is 6.15. The van der Waals surface area contributed by atoms with Gasteiger partial charge >= 0.3 is 0 Å². The van der Waals surface area contributed by atoms with Crippen molar-refractivity contribution in [3.8, 4) is 5.69 Å². The first-order valence-corrected chi connectivity index (χ1v) is 8.24. The van der Waals surface area contributed by atoms with Crippen molar-refractivity contribution < 1.29 is 18.8 Å². The molecule has 0 aliphatic heterocycles. The van der Waals surface area contributed by atoms with Gasteiger partial charge in [0.2, 0.25) is 12.3 Å². The number of aromatic nitrogens is 3. The lowest BCUT2D eigenvalue weighted by molar-refractivity contribution is -0.131. The van der Waals surface area contributed by atoms with Crippen LogP contribution in [0.3, 0.4) is 0 Å². The van der Waals surface area contributed by atoms with Gasteiger partial charge in [0.05, 0.1) is 18.4 Å². The SMILES string of the molecule is CNC(=O)C(CNC(=O)c1cnn(-c2cccc(F)c2)n1)(NC=O)C(C)C. The normalized spacial score (nSPS) is 12.9. The Morgan fingerprint density at radius 1 is 1.37 bits per heavy atom. The van der Waals surface area contributed by atoms with E-state index in [1.165, 1.54) is 31.4 Å². The third-order valence-corrected chi connectivity index (χ3v) is 4.23. The minimum atomic E-state index is -1.31. The molecule has 0 bridgehead atoms. The average Bonchev–Trinajstić information content (AvgIpc) is 3.14. The number of benzene rings is 1. The summed E-state index contributed by atoms with van der Waals surface area (Å²) in [6, 6.07) is 5.60. The Morgan fingerprint density at radius 3 is 2.70 bits per heavy atom. The van der Waals surface area contributed by atoms with Gasteiger partial charge in [-0.25, -0.2) is 4.39 Å². The number of rotatable bonds is 8. The van der Waals surface area contributed by atoms with E-state index in [1.807, 2.05) is 0 Å². The summed E-state index contributed by atoms with van der Waals surface area (Å²) in [5.74, 6) is -1.78. The van der Waals surface area contributed by atoms with E-state index in [0.717, 1.165) is 4.80 Å². The van der Waals surface area contributed by atoms with Gasteiger partial charge in [-0.05, 0) is 18.1 Å². The molecule has 9 nitrogen and oxygen atoms in total. The number of carbonyl (C=O) groups excluding carboxylic acids is 3. The topological polar surface area (TPSA) is 118 Å². The van der Waals surface area contributed by atoms with E-state index in [0.29, 0.717) is 12.1 Å². The van der Waals surface area contributed by atoms with Crippen LogP contribution >= 0.6 is 0 Å². The molecule has 3 amide bonds. The molecule has 2 aromatic rings. The summed E-state index contributed by atoms with van der Waals surface area (Å²) < 4.78 is 13.3. The van der Waals surface area contributed by atoms with E-state index in [9.17, 15) is 18.8 Å². The first kappa shape index (κ1) is 20.0. The molecular formula is C17H21FN6O3. The molecule has 1 aromatic carbocycles. The average molecular weight is 376 g/mol. The standard InChI is InChI=1S/C17H21FN6O3/c1-11(2)17(21-10-25,16(27)19-3)9-20-15(26)14-8-22-24(23-14)13-6-4-5-12(18)7-13/h4-8,10-11H,9H2,1-3H3,(H,19,27)(H,20,26)(H,21,25). The van der Waals surface area contributed by atoms with Crippen molar-refractivity contribution in [1.82, 2.24) is 30.9 Å². The van der Waals surface area contributed by atoms with E-state index in [2.05, 4.69) is 26.1 Å². The Balaban J connectivity index is 2.16. The van der Waals surface area contributed by atoms with Crippen LogP contribution in [0.4, 0.5) is 4.39 Å². The van der Waals surface area contributed by atoms with Crippen molar-refractivity contribution in [3.63, 3.8) is 0 Å². The van der Waals surface area contributed by atoms with Gasteiger partial charge in [0, 0.05) is 13.1 Å². The lowest BCUT2D eigenvalue weighted by Gasteiger charge is -2.35. The Kier molecular flexibility index (Phi) is 6.22. The van der Waals surface area contributed by atoms with Gasteiger partial charge in [-0.3, -0.25) is 14.4 Å². The highest BCUT2D eigenvalue weighted by Crippen LogP contribution is 2.16. The fourth-order valence-corrected chi connectivity index (χ4v) is 2.56. The predicted octanol–water partition coefficient (Wildman–Crippen LogP) is 0.0230. The Bertz CT molecular complexity index is 838. The third-order valence-electron chi connectivity index (χ3n) is 4.23. The number of amides is 3. The van der Waals surface area contributed by atoms with Crippen molar-refractivity contribution in [2.45, 2.75) is 19.4 Å². The summed E-state index contributed by atoms with van der Waals surface area (Å²) in [5.41, 5.74) is -0.969. The monoisotopic (exact) mass is 376 g/mol. The highest BCUT2D eigenvalue weighted by Gasteiger charge is 2.41. The summed E-state index contributed by atoms with van der Waals surface area (Å²) >= 11 is 0. The molecule has 0 radical (unpaired) electrons. The smallest absolute Gasteiger partial charge is 0.273 e. The summed E-state index contributed by atoms with van der Waals surface area (Å²) in [6.45, 7) is 3.35. The van der Waals surface area contributed by atoms with Gasteiger partial charge in [-0.2, -0.15) is 9.90 Å². The summed E-state index contributed by atoms with van der Waals surface area (Å²) in [4.78, 5) is 36.8. The molecule has 3 N–H and O–H groups in total. The summed E-state index contributed by atoms with van der Waals surface area (Å²) in [7, 11) is 1.44. The lowest BCUT2D eigenvalue weighted by atomic mass is 9.85. The van der Waals surface area contributed by atoms with Crippen LogP contribution in [0.5, 0.6) is 0 Å². The van der Waals surface area contributed by atoms with Gasteiger partial charge in [0.15, 0.2) is 5.69 Å². The molecule has 0 fully saturated rings.